The Balaban J connectivity index is 2.57. The number of rotatable bonds is 1. The van der Waals surface area contributed by atoms with Gasteiger partial charge in [-0.3, -0.25) is 0 Å². The quantitative estimate of drug-likeness (QED) is 0.838. The summed E-state index contributed by atoms with van der Waals surface area (Å²) in [7, 11) is 0. The molecule has 0 saturated carbocycles. The molecule has 1 aromatic rings. The molecule has 0 radical (unpaired) electrons. The van der Waals surface area contributed by atoms with E-state index in [1.54, 1.807) is 0 Å². The Kier molecular flexibility index (Phi) is 2.79. The molecule has 76 valence electrons. The zero-order valence-corrected chi connectivity index (χ0v) is 9.80. The van der Waals surface area contributed by atoms with Gasteiger partial charge in [0.2, 0.25) is 0 Å². The minimum Gasteiger partial charge on any atom is -0.493 e. The molecule has 1 heterocycles. The van der Waals surface area contributed by atoms with Crippen molar-refractivity contribution in [2.75, 3.05) is 6.61 Å². The first-order chi connectivity index (χ1) is 6.74. The lowest BCUT2D eigenvalue weighted by Crippen LogP contribution is -2.22. The van der Waals surface area contributed by atoms with E-state index in [-0.39, 0.29) is 6.04 Å². The standard InChI is InChI=1S/C11H14BrNO/c1-2-7-3-4-8(12)10-9(13)5-6-14-11(7)10/h3-4,9H,2,5-6,13H2,1H3. The van der Waals surface area contributed by atoms with E-state index in [0.717, 1.165) is 35.2 Å². The van der Waals surface area contributed by atoms with Gasteiger partial charge in [-0.05, 0) is 18.1 Å². The highest BCUT2D eigenvalue weighted by atomic mass is 79.9. The third kappa shape index (κ3) is 1.55. The van der Waals surface area contributed by atoms with Crippen LogP contribution in [0.2, 0.25) is 0 Å². The predicted molar refractivity (Wildman–Crippen MR) is 60.6 cm³/mol. The lowest BCUT2D eigenvalue weighted by atomic mass is 9.97. The van der Waals surface area contributed by atoms with E-state index in [4.69, 9.17) is 10.5 Å². The molecule has 1 aromatic carbocycles. The van der Waals surface area contributed by atoms with Crippen LogP contribution in [0.1, 0.15) is 30.5 Å². The Morgan fingerprint density at radius 3 is 3.07 bits per heavy atom. The molecular weight excluding hydrogens is 242 g/mol. The average Bonchev–Trinajstić information content (AvgIpc) is 2.18. The Morgan fingerprint density at radius 2 is 2.36 bits per heavy atom. The first kappa shape index (κ1) is 9.99. The molecule has 1 unspecified atom stereocenters. The fraction of sp³-hybridized carbons (Fsp3) is 0.455. The van der Waals surface area contributed by atoms with Gasteiger partial charge in [0.25, 0.3) is 0 Å². The second-order valence-corrected chi connectivity index (χ2v) is 4.40. The average molecular weight is 256 g/mol. The number of hydrogen-bond donors (Lipinski definition) is 1. The van der Waals surface area contributed by atoms with Gasteiger partial charge in [-0.15, -0.1) is 0 Å². The molecule has 2 rings (SSSR count). The highest BCUT2D eigenvalue weighted by Crippen LogP contribution is 2.38. The minimum atomic E-state index is 0.111. The molecule has 2 nitrogen and oxygen atoms in total. The van der Waals surface area contributed by atoms with Crippen molar-refractivity contribution in [3.05, 3.63) is 27.7 Å². The van der Waals surface area contributed by atoms with Gasteiger partial charge in [-0.1, -0.05) is 28.9 Å². The predicted octanol–water partition coefficient (Wildman–Crippen LogP) is 2.79. The minimum absolute atomic E-state index is 0.111. The van der Waals surface area contributed by atoms with Crippen molar-refractivity contribution < 1.29 is 4.74 Å². The fourth-order valence-corrected chi connectivity index (χ4v) is 2.45. The van der Waals surface area contributed by atoms with Crippen LogP contribution >= 0.6 is 15.9 Å². The topological polar surface area (TPSA) is 35.2 Å². The number of benzene rings is 1. The molecule has 0 spiro atoms. The molecule has 2 N–H and O–H groups in total. The van der Waals surface area contributed by atoms with Gasteiger partial charge in [0, 0.05) is 22.5 Å². The van der Waals surface area contributed by atoms with Gasteiger partial charge in [-0.2, -0.15) is 0 Å². The van der Waals surface area contributed by atoms with E-state index in [0.29, 0.717) is 0 Å². The van der Waals surface area contributed by atoms with Crippen molar-refractivity contribution >= 4 is 15.9 Å². The normalized spacial score (nSPS) is 20.1. The summed E-state index contributed by atoms with van der Waals surface area (Å²) in [6.07, 6.45) is 1.89. The van der Waals surface area contributed by atoms with E-state index in [9.17, 15) is 0 Å². The van der Waals surface area contributed by atoms with Crippen LogP contribution in [0.3, 0.4) is 0 Å². The molecule has 3 heteroatoms. The molecule has 0 saturated heterocycles. The number of halogens is 1. The number of hydrogen-bond acceptors (Lipinski definition) is 2. The Labute approximate surface area is 92.6 Å². The largest absolute Gasteiger partial charge is 0.493 e. The lowest BCUT2D eigenvalue weighted by molar-refractivity contribution is 0.265. The van der Waals surface area contributed by atoms with E-state index < -0.39 is 0 Å². The van der Waals surface area contributed by atoms with Crippen LogP contribution in [0.4, 0.5) is 0 Å². The zero-order valence-electron chi connectivity index (χ0n) is 8.22. The monoisotopic (exact) mass is 255 g/mol. The van der Waals surface area contributed by atoms with E-state index >= 15 is 0 Å². The van der Waals surface area contributed by atoms with Gasteiger partial charge in [0.05, 0.1) is 6.61 Å². The smallest absolute Gasteiger partial charge is 0.128 e. The Hall–Kier alpha value is -0.540. The molecule has 1 aliphatic rings. The van der Waals surface area contributed by atoms with E-state index in [2.05, 4.69) is 35.0 Å². The van der Waals surface area contributed by atoms with Crippen molar-refractivity contribution in [2.24, 2.45) is 5.73 Å². The maximum atomic E-state index is 6.06. The van der Waals surface area contributed by atoms with Gasteiger partial charge in [0.15, 0.2) is 0 Å². The number of ether oxygens (including phenoxy) is 1. The van der Waals surface area contributed by atoms with Crippen molar-refractivity contribution in [2.45, 2.75) is 25.8 Å². The third-order valence-corrected chi connectivity index (χ3v) is 3.34. The third-order valence-electron chi connectivity index (χ3n) is 2.65. The summed E-state index contributed by atoms with van der Waals surface area (Å²) < 4.78 is 6.75. The van der Waals surface area contributed by atoms with Crippen LogP contribution < -0.4 is 10.5 Å². The molecule has 0 amide bonds. The summed E-state index contributed by atoms with van der Waals surface area (Å²) in [6, 6.07) is 4.27. The number of nitrogens with two attached hydrogens (primary N) is 1. The first-order valence-corrected chi connectivity index (χ1v) is 5.73. The Morgan fingerprint density at radius 1 is 1.57 bits per heavy atom. The van der Waals surface area contributed by atoms with Gasteiger partial charge < -0.3 is 10.5 Å². The highest BCUT2D eigenvalue weighted by molar-refractivity contribution is 9.10. The van der Waals surface area contributed by atoms with Crippen LogP contribution in [-0.4, -0.2) is 6.61 Å². The molecule has 0 bridgehead atoms. The van der Waals surface area contributed by atoms with Gasteiger partial charge >= 0.3 is 0 Å². The summed E-state index contributed by atoms with van der Waals surface area (Å²) >= 11 is 3.53. The highest BCUT2D eigenvalue weighted by Gasteiger charge is 2.22. The molecular formula is C11H14BrNO. The summed E-state index contributed by atoms with van der Waals surface area (Å²) in [4.78, 5) is 0. The first-order valence-electron chi connectivity index (χ1n) is 4.93. The molecule has 0 aromatic heterocycles. The SMILES string of the molecule is CCc1ccc(Br)c2c1OCCC2N. The summed E-state index contributed by atoms with van der Waals surface area (Å²) in [5, 5.41) is 0. The second kappa shape index (κ2) is 3.91. The summed E-state index contributed by atoms with van der Waals surface area (Å²) in [5.41, 5.74) is 8.44. The summed E-state index contributed by atoms with van der Waals surface area (Å²) in [6.45, 7) is 2.87. The lowest BCUT2D eigenvalue weighted by Gasteiger charge is -2.26. The molecule has 14 heavy (non-hydrogen) atoms. The van der Waals surface area contributed by atoms with Gasteiger partial charge in [0.1, 0.15) is 5.75 Å². The van der Waals surface area contributed by atoms with Crippen molar-refractivity contribution in [3.8, 4) is 5.75 Å². The second-order valence-electron chi connectivity index (χ2n) is 3.55. The van der Waals surface area contributed by atoms with Crippen molar-refractivity contribution in [3.63, 3.8) is 0 Å². The van der Waals surface area contributed by atoms with Crippen LogP contribution in [0.25, 0.3) is 0 Å². The number of aryl methyl sites for hydroxylation is 1. The Bertz CT molecular complexity index is 351. The van der Waals surface area contributed by atoms with E-state index in [1.807, 2.05) is 0 Å². The van der Waals surface area contributed by atoms with Crippen LogP contribution in [0.15, 0.2) is 16.6 Å². The van der Waals surface area contributed by atoms with Crippen LogP contribution in [0, 0.1) is 0 Å². The molecule has 0 fully saturated rings. The summed E-state index contributed by atoms with van der Waals surface area (Å²) in [5.74, 6) is 1.00. The molecule has 0 aliphatic carbocycles. The van der Waals surface area contributed by atoms with Crippen LogP contribution in [0.5, 0.6) is 5.75 Å². The fourth-order valence-electron chi connectivity index (χ4n) is 1.85. The molecule has 1 atom stereocenters. The number of fused-ring (bicyclic) bond motifs is 1. The van der Waals surface area contributed by atoms with Crippen molar-refractivity contribution in [1.29, 1.82) is 0 Å². The maximum absolute atomic E-state index is 6.06. The maximum Gasteiger partial charge on any atom is 0.128 e. The van der Waals surface area contributed by atoms with Crippen molar-refractivity contribution in [1.82, 2.24) is 0 Å². The molecule has 1 aliphatic heterocycles. The van der Waals surface area contributed by atoms with Crippen LogP contribution in [-0.2, 0) is 6.42 Å². The zero-order chi connectivity index (χ0) is 10.1. The van der Waals surface area contributed by atoms with E-state index in [1.165, 1.54) is 5.56 Å². The van der Waals surface area contributed by atoms with Gasteiger partial charge in [-0.25, -0.2) is 0 Å².